The number of benzene rings is 1. The smallest absolute Gasteiger partial charge is 0.149 e. The number of imidazole rings is 1. The van der Waals surface area contributed by atoms with Crippen LogP contribution in [0.3, 0.4) is 0 Å². The molecule has 0 spiro atoms. The fourth-order valence-electron chi connectivity index (χ4n) is 2.36. The van der Waals surface area contributed by atoms with Crippen molar-refractivity contribution < 1.29 is 8.78 Å². The van der Waals surface area contributed by atoms with Crippen LogP contribution in [-0.4, -0.2) is 16.1 Å². The maximum Gasteiger partial charge on any atom is 0.149 e. The monoisotopic (exact) mass is 283 g/mol. The van der Waals surface area contributed by atoms with E-state index in [1.807, 2.05) is 10.8 Å². The lowest BCUT2D eigenvalue weighted by molar-refractivity contribution is 0.521. The van der Waals surface area contributed by atoms with Crippen LogP contribution in [-0.2, 0) is 19.0 Å². The molecule has 0 saturated heterocycles. The fourth-order valence-corrected chi connectivity index (χ4v) is 2.52. The largest absolute Gasteiger partial charge is 0.358 e. The van der Waals surface area contributed by atoms with Crippen LogP contribution in [0.25, 0.3) is 0 Å². The summed E-state index contributed by atoms with van der Waals surface area (Å²) in [6.45, 7) is 1.63. The fraction of sp³-hybridized carbons (Fsp3) is 0.308. The summed E-state index contributed by atoms with van der Waals surface area (Å²) < 4.78 is 30.0. The van der Waals surface area contributed by atoms with E-state index in [9.17, 15) is 8.78 Å². The minimum atomic E-state index is -0.573. The number of anilines is 1. The van der Waals surface area contributed by atoms with Crippen molar-refractivity contribution in [3.8, 4) is 0 Å². The topological polar surface area (TPSA) is 21.1 Å². The Morgan fingerprint density at radius 2 is 1.95 bits per heavy atom. The third-order valence-electron chi connectivity index (χ3n) is 3.29. The second kappa shape index (κ2) is 4.81. The number of alkyl halides is 1. The number of rotatable bonds is 2. The number of fused-ring (bicyclic) bond motifs is 1. The van der Waals surface area contributed by atoms with E-state index >= 15 is 0 Å². The molecular formula is C13H12ClF2N3. The number of hydrogen-bond acceptors (Lipinski definition) is 2. The Morgan fingerprint density at radius 1 is 1.21 bits per heavy atom. The number of halogens is 3. The van der Waals surface area contributed by atoms with Gasteiger partial charge in [0.05, 0.1) is 6.54 Å². The van der Waals surface area contributed by atoms with Crippen molar-refractivity contribution in [1.29, 1.82) is 0 Å². The van der Waals surface area contributed by atoms with Crippen molar-refractivity contribution in [3.63, 3.8) is 0 Å². The van der Waals surface area contributed by atoms with E-state index in [1.54, 1.807) is 11.1 Å². The molecule has 100 valence electrons. The summed E-state index contributed by atoms with van der Waals surface area (Å²) in [6.07, 6.45) is 3.57. The molecule has 0 unspecified atom stereocenters. The predicted octanol–water partition coefficient (Wildman–Crippen LogP) is 2.92. The van der Waals surface area contributed by atoms with Crippen LogP contribution in [0.2, 0.25) is 0 Å². The van der Waals surface area contributed by atoms with Crippen LogP contribution in [0, 0.1) is 11.6 Å². The summed E-state index contributed by atoms with van der Waals surface area (Å²) in [6, 6.07) is 2.57. The molecule has 6 heteroatoms. The van der Waals surface area contributed by atoms with Gasteiger partial charge >= 0.3 is 0 Å². The first-order valence-corrected chi connectivity index (χ1v) is 6.51. The van der Waals surface area contributed by atoms with Gasteiger partial charge in [0.1, 0.15) is 23.1 Å². The van der Waals surface area contributed by atoms with Crippen molar-refractivity contribution in [3.05, 3.63) is 47.5 Å². The van der Waals surface area contributed by atoms with Gasteiger partial charge in [-0.2, -0.15) is 0 Å². The number of nitrogens with zero attached hydrogens (tertiary/aromatic N) is 3. The van der Waals surface area contributed by atoms with Gasteiger partial charge in [-0.1, -0.05) is 0 Å². The van der Waals surface area contributed by atoms with E-state index in [2.05, 4.69) is 4.98 Å². The van der Waals surface area contributed by atoms with Crippen molar-refractivity contribution in [2.75, 3.05) is 11.4 Å². The van der Waals surface area contributed by atoms with Gasteiger partial charge in [-0.05, 0) is 17.7 Å². The van der Waals surface area contributed by atoms with Gasteiger partial charge in [0.15, 0.2) is 0 Å². The van der Waals surface area contributed by atoms with Crippen molar-refractivity contribution in [1.82, 2.24) is 9.55 Å². The van der Waals surface area contributed by atoms with Gasteiger partial charge in [0, 0.05) is 31.4 Å². The molecule has 0 saturated carbocycles. The Labute approximate surface area is 114 Å². The molecule has 1 aliphatic heterocycles. The minimum Gasteiger partial charge on any atom is -0.358 e. The second-order valence-corrected chi connectivity index (χ2v) is 4.77. The van der Waals surface area contributed by atoms with Gasteiger partial charge in [0.2, 0.25) is 0 Å². The molecule has 2 heterocycles. The Balaban J connectivity index is 1.96. The van der Waals surface area contributed by atoms with Gasteiger partial charge in [-0.25, -0.2) is 13.8 Å². The molecule has 0 radical (unpaired) electrons. The van der Waals surface area contributed by atoms with Crippen LogP contribution >= 0.6 is 11.6 Å². The normalized spacial score (nSPS) is 14.6. The standard InChI is InChI=1S/C13H12ClF2N3/c14-7-9-5-10(15)13(11(16)6-9)19-4-3-18-2-1-17-12(18)8-19/h1-2,5-6H,3-4,7-8H2. The van der Waals surface area contributed by atoms with E-state index in [-0.39, 0.29) is 11.6 Å². The lowest BCUT2D eigenvalue weighted by Crippen LogP contribution is -2.34. The summed E-state index contributed by atoms with van der Waals surface area (Å²) in [4.78, 5) is 5.85. The molecule has 0 fully saturated rings. The molecular weight excluding hydrogens is 272 g/mol. The van der Waals surface area contributed by atoms with E-state index < -0.39 is 11.6 Å². The summed E-state index contributed by atoms with van der Waals surface area (Å²) >= 11 is 5.60. The van der Waals surface area contributed by atoms with Gasteiger partial charge < -0.3 is 9.47 Å². The van der Waals surface area contributed by atoms with Crippen LogP contribution in [0.4, 0.5) is 14.5 Å². The van der Waals surface area contributed by atoms with Crippen LogP contribution < -0.4 is 4.90 Å². The molecule has 2 aromatic rings. The average Bonchev–Trinajstić information content (AvgIpc) is 2.85. The maximum atomic E-state index is 14.0. The summed E-state index contributed by atoms with van der Waals surface area (Å²) in [5.41, 5.74) is 0.446. The zero-order valence-corrected chi connectivity index (χ0v) is 10.9. The zero-order valence-electron chi connectivity index (χ0n) is 10.1. The lowest BCUT2D eigenvalue weighted by atomic mass is 10.1. The van der Waals surface area contributed by atoms with Gasteiger partial charge in [-0.15, -0.1) is 11.6 Å². The molecule has 3 nitrogen and oxygen atoms in total. The first-order chi connectivity index (χ1) is 9.19. The molecule has 1 aliphatic rings. The van der Waals surface area contributed by atoms with E-state index in [0.29, 0.717) is 25.2 Å². The molecule has 1 aromatic heterocycles. The molecule has 3 rings (SSSR count). The zero-order chi connectivity index (χ0) is 13.4. The molecule has 19 heavy (non-hydrogen) atoms. The molecule has 0 bridgehead atoms. The van der Waals surface area contributed by atoms with Gasteiger partial charge in [0.25, 0.3) is 0 Å². The summed E-state index contributed by atoms with van der Waals surface area (Å²) in [5, 5.41) is 0. The highest BCUT2D eigenvalue weighted by Gasteiger charge is 2.23. The SMILES string of the molecule is Fc1cc(CCl)cc(F)c1N1CCn2ccnc2C1. The Morgan fingerprint density at radius 3 is 2.63 bits per heavy atom. The van der Waals surface area contributed by atoms with E-state index in [1.165, 1.54) is 12.1 Å². The third kappa shape index (κ3) is 2.18. The summed E-state index contributed by atoms with van der Waals surface area (Å²) in [7, 11) is 0. The first-order valence-electron chi connectivity index (χ1n) is 5.98. The molecule has 0 N–H and O–H groups in total. The Hall–Kier alpha value is -1.62. The Bertz CT molecular complexity index is 589. The minimum absolute atomic E-state index is 0.00289. The van der Waals surface area contributed by atoms with E-state index in [4.69, 9.17) is 11.6 Å². The first kappa shape index (κ1) is 12.4. The van der Waals surface area contributed by atoms with Crippen molar-refractivity contribution >= 4 is 17.3 Å². The van der Waals surface area contributed by atoms with Gasteiger partial charge in [-0.3, -0.25) is 0 Å². The number of hydrogen-bond donors (Lipinski definition) is 0. The van der Waals surface area contributed by atoms with Crippen LogP contribution in [0.15, 0.2) is 24.5 Å². The average molecular weight is 284 g/mol. The lowest BCUT2D eigenvalue weighted by Gasteiger charge is -2.30. The van der Waals surface area contributed by atoms with Crippen molar-refractivity contribution in [2.24, 2.45) is 0 Å². The van der Waals surface area contributed by atoms with Crippen molar-refractivity contribution in [2.45, 2.75) is 19.0 Å². The highest BCUT2D eigenvalue weighted by molar-refractivity contribution is 6.17. The highest BCUT2D eigenvalue weighted by Crippen LogP contribution is 2.28. The summed E-state index contributed by atoms with van der Waals surface area (Å²) in [5.74, 6) is -0.240. The second-order valence-electron chi connectivity index (χ2n) is 4.50. The predicted molar refractivity (Wildman–Crippen MR) is 69.2 cm³/mol. The molecule has 0 atom stereocenters. The highest BCUT2D eigenvalue weighted by atomic mass is 35.5. The molecule has 0 aliphatic carbocycles. The molecule has 1 aromatic carbocycles. The third-order valence-corrected chi connectivity index (χ3v) is 3.60. The van der Waals surface area contributed by atoms with E-state index in [0.717, 1.165) is 5.82 Å². The maximum absolute atomic E-state index is 14.0. The van der Waals surface area contributed by atoms with Crippen LogP contribution in [0.5, 0.6) is 0 Å². The molecule has 0 amide bonds. The Kier molecular flexibility index (Phi) is 3.14. The number of aromatic nitrogens is 2. The quantitative estimate of drug-likeness (QED) is 0.790. The van der Waals surface area contributed by atoms with Crippen LogP contribution in [0.1, 0.15) is 11.4 Å².